The molecular weight excluding hydrogens is 291 g/mol. The third kappa shape index (κ3) is 1.75. The van der Waals surface area contributed by atoms with E-state index in [9.17, 15) is 4.39 Å². The number of nitrogens with zero attached hydrogens (tertiary/aromatic N) is 2. The molecule has 3 nitrogen and oxygen atoms in total. The van der Waals surface area contributed by atoms with Crippen LogP contribution in [0.3, 0.4) is 0 Å². The monoisotopic (exact) mass is 312 g/mol. The summed E-state index contributed by atoms with van der Waals surface area (Å²) in [7, 11) is 1.59. The molecule has 1 aromatic carbocycles. The van der Waals surface area contributed by atoms with Crippen molar-refractivity contribution in [3.63, 3.8) is 0 Å². The van der Waals surface area contributed by atoms with Crippen molar-refractivity contribution in [3.8, 4) is 17.0 Å². The summed E-state index contributed by atoms with van der Waals surface area (Å²) in [5, 5.41) is 8.97. The van der Waals surface area contributed by atoms with Gasteiger partial charge in [-0.15, -0.1) is 0 Å². The molecular formula is C19H21FN2O. The number of fused-ring (bicyclic) bond motifs is 5. The molecule has 0 radical (unpaired) electrons. The van der Waals surface area contributed by atoms with Crippen molar-refractivity contribution in [2.45, 2.75) is 44.9 Å². The van der Waals surface area contributed by atoms with Crippen molar-refractivity contribution in [1.82, 2.24) is 10.2 Å². The molecule has 0 unspecified atom stereocenters. The maximum absolute atomic E-state index is 13.7. The Bertz CT molecular complexity index is 802. The molecule has 4 rings (SSSR count). The highest BCUT2D eigenvalue weighted by Crippen LogP contribution is 2.67. The van der Waals surface area contributed by atoms with E-state index in [1.807, 2.05) is 0 Å². The molecule has 2 aliphatic carbocycles. The van der Waals surface area contributed by atoms with E-state index in [0.29, 0.717) is 22.9 Å². The zero-order valence-corrected chi connectivity index (χ0v) is 14.0. The summed E-state index contributed by atoms with van der Waals surface area (Å²) in [5.74, 6) is 0.822. The first-order valence-electron chi connectivity index (χ1n) is 8.10. The zero-order chi connectivity index (χ0) is 16.4. The van der Waals surface area contributed by atoms with Gasteiger partial charge in [0.05, 0.1) is 18.5 Å². The zero-order valence-electron chi connectivity index (χ0n) is 14.0. The van der Waals surface area contributed by atoms with Crippen molar-refractivity contribution in [2.24, 2.45) is 5.41 Å². The van der Waals surface area contributed by atoms with E-state index in [1.165, 1.54) is 24.1 Å². The second-order valence-corrected chi connectivity index (χ2v) is 7.52. The topological polar surface area (TPSA) is 35.0 Å². The van der Waals surface area contributed by atoms with Gasteiger partial charge in [-0.25, -0.2) is 4.39 Å². The maximum atomic E-state index is 13.7. The quantitative estimate of drug-likeness (QED) is 0.821. The van der Waals surface area contributed by atoms with Crippen molar-refractivity contribution in [3.05, 3.63) is 41.3 Å². The second-order valence-electron chi connectivity index (χ2n) is 7.52. The fourth-order valence-corrected chi connectivity index (χ4v) is 4.58. The lowest BCUT2D eigenvalue weighted by atomic mass is 9.70. The summed E-state index contributed by atoms with van der Waals surface area (Å²) < 4.78 is 19.0. The minimum absolute atomic E-state index is 0.0879. The van der Waals surface area contributed by atoms with Crippen molar-refractivity contribution in [2.75, 3.05) is 7.11 Å². The minimum atomic E-state index is -0.295. The van der Waals surface area contributed by atoms with Crippen molar-refractivity contribution in [1.29, 1.82) is 0 Å². The van der Waals surface area contributed by atoms with Crippen LogP contribution in [0, 0.1) is 11.2 Å². The van der Waals surface area contributed by atoms with E-state index >= 15 is 0 Å². The fraction of sp³-hybridized carbons (Fsp3) is 0.474. The Hall–Kier alpha value is -1.97. The van der Waals surface area contributed by atoms with E-state index in [1.54, 1.807) is 13.2 Å². The average Bonchev–Trinajstić information content (AvgIpc) is 2.86. The summed E-state index contributed by atoms with van der Waals surface area (Å²) >= 11 is 0. The van der Waals surface area contributed by atoms with Crippen LogP contribution in [0.5, 0.6) is 5.75 Å². The van der Waals surface area contributed by atoms with E-state index in [4.69, 9.17) is 4.74 Å². The molecule has 2 bridgehead atoms. The fourth-order valence-electron chi connectivity index (χ4n) is 4.58. The largest absolute Gasteiger partial charge is 0.496 e. The van der Waals surface area contributed by atoms with Crippen molar-refractivity contribution >= 4 is 0 Å². The van der Waals surface area contributed by atoms with Crippen LogP contribution < -0.4 is 4.74 Å². The van der Waals surface area contributed by atoms with Crippen LogP contribution in [0.2, 0.25) is 0 Å². The highest BCUT2D eigenvalue weighted by atomic mass is 19.1. The van der Waals surface area contributed by atoms with Gasteiger partial charge in [-0.05, 0) is 54.0 Å². The number of halogens is 1. The minimum Gasteiger partial charge on any atom is -0.496 e. The van der Waals surface area contributed by atoms with Gasteiger partial charge in [-0.1, -0.05) is 20.8 Å². The molecule has 0 amide bonds. The van der Waals surface area contributed by atoms with Gasteiger partial charge in [-0.3, -0.25) is 0 Å². The normalized spacial score (nSPS) is 27.1. The van der Waals surface area contributed by atoms with Gasteiger partial charge in [-0.2, -0.15) is 10.2 Å². The number of ether oxygens (including phenoxy) is 1. The third-order valence-corrected chi connectivity index (χ3v) is 6.39. The number of rotatable bonds is 2. The summed E-state index contributed by atoms with van der Waals surface area (Å²) in [4.78, 5) is 0. The van der Waals surface area contributed by atoms with Crippen LogP contribution in [0.1, 0.15) is 50.8 Å². The Balaban J connectivity index is 1.88. The lowest BCUT2D eigenvalue weighted by Gasteiger charge is -2.33. The number of methoxy groups -OCH3 is 1. The Morgan fingerprint density at radius 1 is 1.17 bits per heavy atom. The standard InChI is InChI=1S/C19H21FN2O/c1-18(2)14-7-8-19(18,3)17-12(14)10-15(21-22-17)13-9-11(20)5-6-16(13)23-4/h5-6,9-10,14H,7-8H2,1-4H3/t14-,19+/m0/s1. The first-order chi connectivity index (χ1) is 10.9. The highest BCUT2D eigenvalue weighted by molar-refractivity contribution is 5.68. The SMILES string of the molecule is COc1ccc(F)cc1-c1cc2c(nn1)[C@@]1(C)CC[C@@H]2C1(C)C. The van der Waals surface area contributed by atoms with Gasteiger partial charge in [0, 0.05) is 11.0 Å². The summed E-state index contributed by atoms with van der Waals surface area (Å²) in [6.07, 6.45) is 2.34. The van der Waals surface area contributed by atoms with E-state index in [2.05, 4.69) is 37.0 Å². The first-order valence-corrected chi connectivity index (χ1v) is 8.10. The molecule has 4 heteroatoms. The van der Waals surface area contributed by atoms with Crippen LogP contribution in [0.25, 0.3) is 11.3 Å². The van der Waals surface area contributed by atoms with Crippen LogP contribution in [-0.4, -0.2) is 17.3 Å². The van der Waals surface area contributed by atoms with Gasteiger partial charge >= 0.3 is 0 Å². The molecule has 2 aromatic rings. The highest BCUT2D eigenvalue weighted by Gasteiger charge is 2.60. The van der Waals surface area contributed by atoms with Crippen LogP contribution in [0.15, 0.2) is 24.3 Å². The Morgan fingerprint density at radius 3 is 2.70 bits per heavy atom. The summed E-state index contributed by atoms with van der Waals surface area (Å²) in [6, 6.07) is 6.60. The van der Waals surface area contributed by atoms with Gasteiger partial charge in [0.15, 0.2) is 0 Å². The molecule has 120 valence electrons. The molecule has 1 aromatic heterocycles. The van der Waals surface area contributed by atoms with Gasteiger partial charge in [0.2, 0.25) is 0 Å². The third-order valence-electron chi connectivity index (χ3n) is 6.39. The molecule has 2 aliphatic rings. The maximum Gasteiger partial charge on any atom is 0.128 e. The summed E-state index contributed by atoms with van der Waals surface area (Å²) in [5.41, 5.74) is 4.03. The average molecular weight is 312 g/mol. The van der Waals surface area contributed by atoms with E-state index < -0.39 is 0 Å². The van der Waals surface area contributed by atoms with E-state index in [0.717, 1.165) is 12.1 Å². The lowest BCUT2D eigenvalue weighted by molar-refractivity contribution is 0.226. The van der Waals surface area contributed by atoms with Crippen LogP contribution in [0.4, 0.5) is 4.39 Å². The number of hydrogen-bond donors (Lipinski definition) is 0. The predicted molar refractivity (Wildman–Crippen MR) is 87.1 cm³/mol. The second kappa shape index (κ2) is 4.53. The molecule has 2 atom stereocenters. The predicted octanol–water partition coefficient (Wildman–Crippen LogP) is 4.47. The number of hydrogen-bond acceptors (Lipinski definition) is 3. The molecule has 0 saturated heterocycles. The Labute approximate surface area is 135 Å². The molecule has 1 saturated carbocycles. The van der Waals surface area contributed by atoms with E-state index in [-0.39, 0.29) is 16.6 Å². The first kappa shape index (κ1) is 14.6. The number of aromatic nitrogens is 2. The molecule has 0 N–H and O–H groups in total. The van der Waals surface area contributed by atoms with Crippen LogP contribution >= 0.6 is 0 Å². The van der Waals surface area contributed by atoms with Crippen LogP contribution in [-0.2, 0) is 5.41 Å². The molecule has 0 spiro atoms. The van der Waals surface area contributed by atoms with Gasteiger partial charge in [0.25, 0.3) is 0 Å². The van der Waals surface area contributed by atoms with Crippen molar-refractivity contribution < 1.29 is 9.13 Å². The van der Waals surface area contributed by atoms with Gasteiger partial charge < -0.3 is 4.74 Å². The molecule has 1 heterocycles. The Morgan fingerprint density at radius 2 is 1.96 bits per heavy atom. The lowest BCUT2D eigenvalue weighted by Crippen LogP contribution is -2.32. The van der Waals surface area contributed by atoms with Gasteiger partial charge in [0.1, 0.15) is 11.6 Å². The summed E-state index contributed by atoms with van der Waals surface area (Å²) in [6.45, 7) is 6.96. The number of benzene rings is 1. The molecule has 23 heavy (non-hydrogen) atoms. The molecule has 1 fully saturated rings. The smallest absolute Gasteiger partial charge is 0.128 e. The molecule has 0 aliphatic heterocycles. The Kier molecular flexibility index (Phi) is 2.88.